The van der Waals surface area contributed by atoms with Crippen LogP contribution in [0.15, 0.2) is 18.2 Å². The van der Waals surface area contributed by atoms with Gasteiger partial charge in [0.2, 0.25) is 0 Å². The number of aryl methyl sites for hydroxylation is 2. The number of rotatable bonds is 6. The summed E-state index contributed by atoms with van der Waals surface area (Å²) in [5.74, 6) is -0.459. The van der Waals surface area contributed by atoms with Crippen LogP contribution in [0, 0.1) is 20.8 Å². The summed E-state index contributed by atoms with van der Waals surface area (Å²) in [6, 6.07) is 5.42. The summed E-state index contributed by atoms with van der Waals surface area (Å²) < 4.78 is 0. The minimum absolute atomic E-state index is 0.0190. The second-order valence-electron chi connectivity index (χ2n) is 6.09. The third-order valence-corrected chi connectivity index (χ3v) is 4.15. The van der Waals surface area contributed by atoms with Crippen LogP contribution in [0.25, 0.3) is 0 Å². The highest BCUT2D eigenvalue weighted by Gasteiger charge is 2.20. The fraction of sp³-hybridized carbons (Fsp3) is 0.316. The lowest BCUT2D eigenvalue weighted by atomic mass is 10.0. The van der Waals surface area contributed by atoms with Crippen LogP contribution >= 0.6 is 0 Å². The normalized spacial score (nSPS) is 10.4. The van der Waals surface area contributed by atoms with Gasteiger partial charge in [0, 0.05) is 24.0 Å². The summed E-state index contributed by atoms with van der Waals surface area (Å²) in [7, 11) is 1.56. The second kappa shape index (κ2) is 7.34. The van der Waals surface area contributed by atoms with E-state index in [9.17, 15) is 14.4 Å². The molecule has 0 radical (unpaired) electrons. The van der Waals surface area contributed by atoms with Gasteiger partial charge in [-0.15, -0.1) is 0 Å². The molecule has 0 saturated heterocycles. The fourth-order valence-electron chi connectivity index (χ4n) is 2.96. The van der Waals surface area contributed by atoms with Gasteiger partial charge < -0.3 is 15.6 Å². The number of hydrogen-bond acceptors (Lipinski definition) is 4. The first-order chi connectivity index (χ1) is 11.8. The zero-order valence-electron chi connectivity index (χ0n) is 15.2. The van der Waals surface area contributed by atoms with Crippen LogP contribution in [-0.4, -0.2) is 36.1 Å². The SMILES string of the molecule is CNC(=O)c1cc(C)ccc1NCC(=O)c1[nH]c(C)c(C(C)=O)c1C. The molecule has 132 valence electrons. The molecule has 6 nitrogen and oxygen atoms in total. The highest BCUT2D eigenvalue weighted by atomic mass is 16.1. The number of amides is 1. The van der Waals surface area contributed by atoms with E-state index in [0.29, 0.717) is 33.8 Å². The van der Waals surface area contributed by atoms with E-state index in [-0.39, 0.29) is 24.0 Å². The maximum absolute atomic E-state index is 12.5. The Morgan fingerprint density at radius 1 is 1.12 bits per heavy atom. The van der Waals surface area contributed by atoms with Gasteiger partial charge >= 0.3 is 0 Å². The number of anilines is 1. The number of benzene rings is 1. The lowest BCUT2D eigenvalue weighted by Crippen LogP contribution is -2.22. The smallest absolute Gasteiger partial charge is 0.253 e. The van der Waals surface area contributed by atoms with Crippen LogP contribution in [0.1, 0.15) is 54.9 Å². The number of Topliss-reactive ketones (excluding diaryl/α,β-unsaturated/α-hetero) is 2. The average molecular weight is 341 g/mol. The summed E-state index contributed by atoms with van der Waals surface area (Å²) in [4.78, 5) is 39.2. The van der Waals surface area contributed by atoms with Crippen molar-refractivity contribution in [3.8, 4) is 0 Å². The van der Waals surface area contributed by atoms with Crippen molar-refractivity contribution in [2.75, 3.05) is 18.9 Å². The molecular formula is C19H23N3O3. The van der Waals surface area contributed by atoms with Gasteiger partial charge in [0.1, 0.15) is 0 Å². The molecule has 1 heterocycles. The standard InChI is InChI=1S/C19H23N3O3/c1-10-6-7-15(14(8-10)19(25)20-5)21-9-16(24)18-11(2)17(13(4)23)12(3)22-18/h6-8,21-22H,9H2,1-5H3,(H,20,25). The number of H-pyrrole nitrogens is 1. The van der Waals surface area contributed by atoms with Gasteiger partial charge in [-0.1, -0.05) is 11.6 Å². The quantitative estimate of drug-likeness (QED) is 0.705. The van der Waals surface area contributed by atoms with Crippen LogP contribution in [0.3, 0.4) is 0 Å². The monoisotopic (exact) mass is 341 g/mol. The van der Waals surface area contributed by atoms with Crippen LogP contribution in [0.4, 0.5) is 5.69 Å². The summed E-state index contributed by atoms with van der Waals surface area (Å²) in [6.45, 7) is 6.94. The van der Waals surface area contributed by atoms with Gasteiger partial charge in [-0.3, -0.25) is 14.4 Å². The lowest BCUT2D eigenvalue weighted by Gasteiger charge is -2.11. The van der Waals surface area contributed by atoms with Crippen molar-refractivity contribution < 1.29 is 14.4 Å². The highest BCUT2D eigenvalue weighted by Crippen LogP contribution is 2.20. The van der Waals surface area contributed by atoms with E-state index in [1.807, 2.05) is 13.0 Å². The molecule has 6 heteroatoms. The van der Waals surface area contributed by atoms with Crippen LogP contribution < -0.4 is 10.6 Å². The first-order valence-electron chi connectivity index (χ1n) is 8.06. The maximum atomic E-state index is 12.5. The number of carbonyl (C=O) groups is 3. The third kappa shape index (κ3) is 3.79. The molecule has 0 atom stereocenters. The van der Waals surface area contributed by atoms with Gasteiger partial charge in [0.05, 0.1) is 17.8 Å². The fourth-order valence-corrected chi connectivity index (χ4v) is 2.96. The van der Waals surface area contributed by atoms with E-state index >= 15 is 0 Å². The maximum Gasteiger partial charge on any atom is 0.253 e. The molecule has 1 amide bonds. The van der Waals surface area contributed by atoms with Crippen molar-refractivity contribution in [1.82, 2.24) is 10.3 Å². The molecule has 2 aromatic rings. The van der Waals surface area contributed by atoms with Crippen LogP contribution in [0.2, 0.25) is 0 Å². The summed E-state index contributed by atoms with van der Waals surface area (Å²) in [5, 5.41) is 5.62. The number of nitrogens with one attached hydrogen (secondary N) is 3. The zero-order chi connectivity index (χ0) is 18.7. The van der Waals surface area contributed by atoms with Gasteiger partial charge in [-0.2, -0.15) is 0 Å². The predicted molar refractivity (Wildman–Crippen MR) is 97.7 cm³/mol. The Hall–Kier alpha value is -2.89. The average Bonchev–Trinajstić information content (AvgIpc) is 2.87. The molecule has 3 N–H and O–H groups in total. The number of aromatic amines is 1. The molecule has 1 aromatic carbocycles. The summed E-state index contributed by atoms with van der Waals surface area (Å²) in [5.41, 5.74) is 4.36. The van der Waals surface area contributed by atoms with Crippen molar-refractivity contribution >= 4 is 23.2 Å². The molecule has 0 bridgehead atoms. The molecule has 0 fully saturated rings. The zero-order valence-corrected chi connectivity index (χ0v) is 15.2. The number of aromatic nitrogens is 1. The molecule has 0 aliphatic heterocycles. The Morgan fingerprint density at radius 2 is 1.80 bits per heavy atom. The Labute approximate surface area is 147 Å². The van der Waals surface area contributed by atoms with E-state index in [4.69, 9.17) is 0 Å². The van der Waals surface area contributed by atoms with Crippen molar-refractivity contribution in [3.63, 3.8) is 0 Å². The largest absolute Gasteiger partial charge is 0.377 e. The van der Waals surface area contributed by atoms with E-state index < -0.39 is 0 Å². The summed E-state index contributed by atoms with van der Waals surface area (Å²) in [6.07, 6.45) is 0. The molecule has 25 heavy (non-hydrogen) atoms. The van der Waals surface area contributed by atoms with Gasteiger partial charge in [-0.25, -0.2) is 0 Å². The Bertz CT molecular complexity index is 850. The molecule has 0 spiro atoms. The van der Waals surface area contributed by atoms with Gasteiger partial charge in [0.15, 0.2) is 11.6 Å². The molecule has 0 aliphatic carbocycles. The van der Waals surface area contributed by atoms with E-state index in [0.717, 1.165) is 5.56 Å². The lowest BCUT2D eigenvalue weighted by molar-refractivity contribution is 0.0959. The molecule has 0 saturated carbocycles. The number of hydrogen-bond donors (Lipinski definition) is 3. The van der Waals surface area contributed by atoms with Crippen molar-refractivity contribution in [1.29, 1.82) is 0 Å². The van der Waals surface area contributed by atoms with Crippen LogP contribution in [0.5, 0.6) is 0 Å². The number of ketones is 2. The van der Waals surface area contributed by atoms with Gasteiger partial charge in [-0.05, 0) is 45.4 Å². The second-order valence-corrected chi connectivity index (χ2v) is 6.09. The summed E-state index contributed by atoms with van der Waals surface area (Å²) >= 11 is 0. The predicted octanol–water partition coefficient (Wildman–Crippen LogP) is 2.80. The van der Waals surface area contributed by atoms with Gasteiger partial charge in [0.25, 0.3) is 5.91 Å². The first kappa shape index (κ1) is 18.4. The van der Waals surface area contributed by atoms with Crippen molar-refractivity contribution in [3.05, 3.63) is 51.8 Å². The minimum atomic E-state index is -0.218. The molecule has 0 unspecified atom stereocenters. The van der Waals surface area contributed by atoms with E-state index in [1.165, 1.54) is 6.92 Å². The Kier molecular flexibility index (Phi) is 5.41. The van der Waals surface area contributed by atoms with Crippen molar-refractivity contribution in [2.45, 2.75) is 27.7 Å². The minimum Gasteiger partial charge on any atom is -0.377 e. The van der Waals surface area contributed by atoms with Crippen LogP contribution in [-0.2, 0) is 0 Å². The Balaban J connectivity index is 2.23. The number of carbonyl (C=O) groups excluding carboxylic acids is 3. The third-order valence-electron chi connectivity index (χ3n) is 4.15. The molecule has 2 rings (SSSR count). The molecule has 1 aromatic heterocycles. The van der Waals surface area contributed by atoms with Crippen molar-refractivity contribution in [2.24, 2.45) is 0 Å². The molecule has 0 aliphatic rings. The molecular weight excluding hydrogens is 318 g/mol. The first-order valence-corrected chi connectivity index (χ1v) is 8.06. The topological polar surface area (TPSA) is 91.1 Å². The van der Waals surface area contributed by atoms with E-state index in [1.54, 1.807) is 33.0 Å². The highest BCUT2D eigenvalue weighted by molar-refractivity contribution is 6.05. The Morgan fingerprint density at radius 3 is 2.36 bits per heavy atom. The van der Waals surface area contributed by atoms with E-state index in [2.05, 4.69) is 15.6 Å².